The zero-order valence-electron chi connectivity index (χ0n) is 12.5. The largest absolute Gasteiger partial charge is 0.326 e. The zero-order chi connectivity index (χ0) is 15.8. The Morgan fingerprint density at radius 2 is 2.14 bits per heavy atom. The SMILES string of the molecule is Cc1cc(F)ccc1NC(=O)CCSCCc1ccccn1. The Morgan fingerprint density at radius 3 is 2.86 bits per heavy atom. The van der Waals surface area contributed by atoms with Gasteiger partial charge in [-0.25, -0.2) is 4.39 Å². The molecule has 0 spiro atoms. The van der Waals surface area contributed by atoms with Crippen molar-refractivity contribution in [3.05, 3.63) is 59.7 Å². The maximum absolute atomic E-state index is 13.0. The van der Waals surface area contributed by atoms with Crippen molar-refractivity contribution >= 4 is 23.4 Å². The van der Waals surface area contributed by atoms with Crippen molar-refractivity contribution in [1.82, 2.24) is 4.98 Å². The molecule has 0 saturated carbocycles. The number of hydrogen-bond acceptors (Lipinski definition) is 3. The molecule has 1 heterocycles. The van der Waals surface area contributed by atoms with Crippen molar-refractivity contribution in [3.8, 4) is 0 Å². The molecule has 2 aromatic rings. The molecule has 5 heteroatoms. The summed E-state index contributed by atoms with van der Waals surface area (Å²) in [4.78, 5) is 16.1. The highest BCUT2D eigenvalue weighted by atomic mass is 32.2. The lowest BCUT2D eigenvalue weighted by molar-refractivity contribution is -0.115. The van der Waals surface area contributed by atoms with Crippen LogP contribution in [0.4, 0.5) is 10.1 Å². The van der Waals surface area contributed by atoms with E-state index < -0.39 is 0 Å². The van der Waals surface area contributed by atoms with Crippen LogP contribution in [0.5, 0.6) is 0 Å². The fourth-order valence-electron chi connectivity index (χ4n) is 1.97. The lowest BCUT2D eigenvalue weighted by Crippen LogP contribution is -2.13. The number of anilines is 1. The molecule has 22 heavy (non-hydrogen) atoms. The van der Waals surface area contributed by atoms with Crippen LogP contribution >= 0.6 is 11.8 Å². The van der Waals surface area contributed by atoms with Gasteiger partial charge in [0.1, 0.15) is 5.82 Å². The number of amides is 1. The van der Waals surface area contributed by atoms with Crippen molar-refractivity contribution in [2.24, 2.45) is 0 Å². The topological polar surface area (TPSA) is 42.0 Å². The first-order chi connectivity index (χ1) is 10.6. The first-order valence-corrected chi connectivity index (χ1v) is 8.34. The van der Waals surface area contributed by atoms with Crippen molar-refractivity contribution in [3.63, 3.8) is 0 Å². The van der Waals surface area contributed by atoms with Gasteiger partial charge in [0.05, 0.1) is 0 Å². The summed E-state index contributed by atoms with van der Waals surface area (Å²) in [6.07, 6.45) is 3.15. The Hall–Kier alpha value is -1.88. The van der Waals surface area contributed by atoms with Gasteiger partial charge in [0.2, 0.25) is 5.91 Å². The second-order valence-electron chi connectivity index (χ2n) is 4.94. The number of aromatic nitrogens is 1. The standard InChI is InChI=1S/C17H19FN2OS/c1-13-12-14(18)5-6-16(13)20-17(21)8-11-22-10-7-15-4-2-3-9-19-15/h2-6,9,12H,7-8,10-11H2,1H3,(H,20,21). The molecular formula is C17H19FN2OS. The number of halogens is 1. The van der Waals surface area contributed by atoms with Crippen LogP contribution < -0.4 is 5.32 Å². The van der Waals surface area contributed by atoms with Crippen LogP contribution in [0.2, 0.25) is 0 Å². The summed E-state index contributed by atoms with van der Waals surface area (Å²) in [6, 6.07) is 10.2. The predicted octanol–water partition coefficient (Wildman–Crippen LogP) is 3.83. The molecule has 116 valence electrons. The van der Waals surface area contributed by atoms with Crippen LogP contribution in [0.15, 0.2) is 42.6 Å². The Balaban J connectivity index is 1.65. The number of benzene rings is 1. The van der Waals surface area contributed by atoms with Crippen molar-refractivity contribution < 1.29 is 9.18 Å². The molecule has 0 bridgehead atoms. The van der Waals surface area contributed by atoms with E-state index in [9.17, 15) is 9.18 Å². The summed E-state index contributed by atoms with van der Waals surface area (Å²) >= 11 is 1.73. The quantitative estimate of drug-likeness (QED) is 0.789. The van der Waals surface area contributed by atoms with Gasteiger partial charge in [-0.05, 0) is 55.0 Å². The predicted molar refractivity (Wildman–Crippen MR) is 89.6 cm³/mol. The maximum atomic E-state index is 13.0. The molecular weight excluding hydrogens is 299 g/mol. The van der Waals surface area contributed by atoms with Crippen LogP contribution in [0.3, 0.4) is 0 Å². The summed E-state index contributed by atoms with van der Waals surface area (Å²) in [7, 11) is 0. The van der Waals surface area contributed by atoms with E-state index in [-0.39, 0.29) is 11.7 Å². The van der Waals surface area contributed by atoms with Crippen LogP contribution in [-0.2, 0) is 11.2 Å². The molecule has 0 unspecified atom stereocenters. The third kappa shape index (κ3) is 5.48. The molecule has 0 fully saturated rings. The van der Waals surface area contributed by atoms with Gasteiger partial charge < -0.3 is 5.32 Å². The van der Waals surface area contributed by atoms with E-state index >= 15 is 0 Å². The third-order valence-electron chi connectivity index (χ3n) is 3.16. The van der Waals surface area contributed by atoms with Gasteiger partial charge in [-0.15, -0.1) is 0 Å². The highest BCUT2D eigenvalue weighted by Crippen LogP contribution is 2.16. The molecule has 1 amide bonds. The molecule has 0 radical (unpaired) electrons. The second kappa shape index (κ2) is 8.54. The van der Waals surface area contributed by atoms with Crippen molar-refractivity contribution in [1.29, 1.82) is 0 Å². The van der Waals surface area contributed by atoms with Crippen molar-refractivity contribution in [2.45, 2.75) is 19.8 Å². The average molecular weight is 318 g/mol. The van der Waals surface area contributed by atoms with E-state index in [0.29, 0.717) is 12.1 Å². The lowest BCUT2D eigenvalue weighted by Gasteiger charge is -2.08. The lowest BCUT2D eigenvalue weighted by atomic mass is 10.2. The molecule has 0 aliphatic heterocycles. The van der Waals surface area contributed by atoms with Gasteiger partial charge in [-0.1, -0.05) is 6.07 Å². The first kappa shape index (κ1) is 16.5. The highest BCUT2D eigenvalue weighted by Gasteiger charge is 2.05. The van der Waals surface area contributed by atoms with Crippen LogP contribution in [0, 0.1) is 12.7 Å². The van der Waals surface area contributed by atoms with Crippen LogP contribution in [0.1, 0.15) is 17.7 Å². The van der Waals surface area contributed by atoms with Gasteiger partial charge >= 0.3 is 0 Å². The molecule has 1 aromatic carbocycles. The number of carbonyl (C=O) groups is 1. The van der Waals surface area contributed by atoms with E-state index in [1.54, 1.807) is 30.9 Å². The smallest absolute Gasteiger partial charge is 0.225 e. The van der Waals surface area contributed by atoms with Gasteiger partial charge in [0, 0.05) is 29.8 Å². The molecule has 3 nitrogen and oxygen atoms in total. The van der Waals surface area contributed by atoms with E-state index in [2.05, 4.69) is 10.3 Å². The summed E-state index contributed by atoms with van der Waals surface area (Å²) in [5.74, 6) is 1.37. The summed E-state index contributed by atoms with van der Waals surface area (Å²) in [5, 5.41) is 2.81. The molecule has 0 saturated heterocycles. The Labute approximate surface area is 134 Å². The van der Waals surface area contributed by atoms with Crippen LogP contribution in [0.25, 0.3) is 0 Å². The first-order valence-electron chi connectivity index (χ1n) is 7.19. The molecule has 1 N–H and O–H groups in total. The Kier molecular flexibility index (Phi) is 6.40. The van der Waals surface area contributed by atoms with E-state index in [1.807, 2.05) is 18.2 Å². The monoisotopic (exact) mass is 318 g/mol. The molecule has 0 aliphatic rings. The summed E-state index contributed by atoms with van der Waals surface area (Å²) in [6.45, 7) is 1.78. The number of rotatable bonds is 7. The van der Waals surface area contributed by atoms with Gasteiger partial charge in [0.15, 0.2) is 0 Å². The second-order valence-corrected chi connectivity index (χ2v) is 6.17. The normalized spacial score (nSPS) is 10.5. The van der Waals surface area contributed by atoms with Gasteiger partial charge in [-0.2, -0.15) is 11.8 Å². The highest BCUT2D eigenvalue weighted by molar-refractivity contribution is 7.99. The number of thioether (sulfide) groups is 1. The molecule has 1 aromatic heterocycles. The Bertz CT molecular complexity index is 619. The van der Waals surface area contributed by atoms with E-state index in [1.165, 1.54) is 12.1 Å². The zero-order valence-corrected chi connectivity index (χ0v) is 13.3. The number of nitrogens with zero attached hydrogens (tertiary/aromatic N) is 1. The van der Waals surface area contributed by atoms with Crippen molar-refractivity contribution in [2.75, 3.05) is 16.8 Å². The number of carbonyl (C=O) groups excluding carboxylic acids is 1. The minimum absolute atomic E-state index is 0.0416. The third-order valence-corrected chi connectivity index (χ3v) is 4.15. The van der Waals surface area contributed by atoms with Crippen LogP contribution in [-0.4, -0.2) is 22.4 Å². The van der Waals surface area contributed by atoms with E-state index in [4.69, 9.17) is 0 Å². The molecule has 0 atom stereocenters. The summed E-state index contributed by atoms with van der Waals surface area (Å²) < 4.78 is 13.0. The number of hydrogen-bond donors (Lipinski definition) is 1. The molecule has 0 aliphatic carbocycles. The number of nitrogens with one attached hydrogen (secondary N) is 1. The fraction of sp³-hybridized carbons (Fsp3) is 0.294. The van der Waals surface area contributed by atoms with Gasteiger partial charge in [-0.3, -0.25) is 9.78 Å². The minimum atomic E-state index is -0.291. The van der Waals surface area contributed by atoms with E-state index in [0.717, 1.165) is 29.2 Å². The molecule has 2 rings (SSSR count). The number of aryl methyl sites for hydroxylation is 2. The average Bonchev–Trinajstić information content (AvgIpc) is 2.51. The maximum Gasteiger partial charge on any atom is 0.225 e. The minimum Gasteiger partial charge on any atom is -0.326 e. The van der Waals surface area contributed by atoms with Gasteiger partial charge in [0.25, 0.3) is 0 Å². The number of pyridine rings is 1. The Morgan fingerprint density at radius 1 is 1.27 bits per heavy atom. The summed E-state index contributed by atoms with van der Waals surface area (Å²) in [5.41, 5.74) is 2.47. The fourth-order valence-corrected chi connectivity index (χ4v) is 2.86.